The molecule has 0 aromatic heterocycles. The van der Waals surface area contributed by atoms with E-state index < -0.39 is 33.7 Å². The van der Waals surface area contributed by atoms with E-state index in [-0.39, 0.29) is 6.54 Å². The van der Waals surface area contributed by atoms with Crippen LogP contribution in [0.4, 0.5) is 14.5 Å². The first-order valence-corrected chi connectivity index (χ1v) is 5.90. The van der Waals surface area contributed by atoms with Crippen LogP contribution < -0.4 is 5.32 Å². The molecule has 0 unspecified atom stereocenters. The van der Waals surface area contributed by atoms with Gasteiger partial charge < -0.3 is 10.2 Å². The molecule has 6 nitrogen and oxygen atoms in total. The summed E-state index contributed by atoms with van der Waals surface area (Å²) in [6.07, 6.45) is 0.594. The number of hydrogen-bond donors (Lipinski definition) is 1. The van der Waals surface area contributed by atoms with Gasteiger partial charge in [-0.15, -0.1) is 0 Å². The van der Waals surface area contributed by atoms with E-state index >= 15 is 0 Å². The normalized spacial score (nSPS) is 10.7. The minimum atomic E-state index is -1.46. The number of nitro benzene ring substituents is 1. The van der Waals surface area contributed by atoms with Gasteiger partial charge in [0.15, 0.2) is 0 Å². The van der Waals surface area contributed by atoms with Crippen molar-refractivity contribution in [1.29, 1.82) is 0 Å². The molecule has 0 radical (unpaired) electrons. The lowest BCUT2D eigenvalue weighted by molar-refractivity contribution is -0.387. The van der Waals surface area contributed by atoms with Gasteiger partial charge in [0.2, 0.25) is 5.82 Å². The zero-order chi connectivity index (χ0) is 15.3. The summed E-state index contributed by atoms with van der Waals surface area (Å²) in [5.41, 5.74) is -1.85. The van der Waals surface area contributed by atoms with Crippen molar-refractivity contribution < 1.29 is 18.5 Å². The molecule has 20 heavy (non-hydrogen) atoms. The summed E-state index contributed by atoms with van der Waals surface area (Å²) in [5.74, 6) is -3.58. The Bertz CT molecular complexity index is 521. The van der Waals surface area contributed by atoms with Crippen LogP contribution in [0.15, 0.2) is 12.1 Å². The fourth-order valence-electron chi connectivity index (χ4n) is 1.58. The Hall–Kier alpha value is -2.09. The second-order valence-corrected chi connectivity index (χ2v) is 4.43. The molecule has 1 aromatic rings. The maximum absolute atomic E-state index is 13.7. The van der Waals surface area contributed by atoms with Gasteiger partial charge in [-0.3, -0.25) is 14.9 Å². The van der Waals surface area contributed by atoms with Gasteiger partial charge in [-0.1, -0.05) is 0 Å². The van der Waals surface area contributed by atoms with Gasteiger partial charge in [0, 0.05) is 12.6 Å². The third-order valence-corrected chi connectivity index (χ3v) is 2.56. The molecule has 0 aliphatic carbocycles. The van der Waals surface area contributed by atoms with Crippen molar-refractivity contribution in [3.63, 3.8) is 0 Å². The minimum Gasteiger partial charge on any atom is -0.352 e. The summed E-state index contributed by atoms with van der Waals surface area (Å²) >= 11 is 0. The zero-order valence-electron chi connectivity index (χ0n) is 11.2. The van der Waals surface area contributed by atoms with Crippen LogP contribution in [0.3, 0.4) is 0 Å². The highest BCUT2D eigenvalue weighted by atomic mass is 19.1. The fourth-order valence-corrected chi connectivity index (χ4v) is 1.58. The van der Waals surface area contributed by atoms with Crippen LogP contribution in [0.5, 0.6) is 0 Å². The predicted octanol–water partition coefficient (Wildman–Crippen LogP) is 1.55. The lowest BCUT2D eigenvalue weighted by Gasteiger charge is -2.10. The van der Waals surface area contributed by atoms with Crippen LogP contribution in [-0.2, 0) is 0 Å². The molecule has 1 N–H and O–H groups in total. The molecule has 0 spiro atoms. The summed E-state index contributed by atoms with van der Waals surface area (Å²) in [6.45, 7) is 0.915. The molecule has 0 saturated carbocycles. The fraction of sp³-hybridized carbons (Fsp3) is 0.417. The van der Waals surface area contributed by atoms with E-state index in [1.54, 1.807) is 0 Å². The van der Waals surface area contributed by atoms with Crippen molar-refractivity contribution in [3.8, 4) is 0 Å². The number of rotatable bonds is 6. The lowest BCUT2D eigenvalue weighted by Crippen LogP contribution is -2.28. The van der Waals surface area contributed by atoms with Gasteiger partial charge in [0.05, 0.1) is 4.92 Å². The molecule has 0 bridgehead atoms. The number of nitrogens with zero attached hydrogens (tertiary/aromatic N) is 2. The molecule has 0 saturated heterocycles. The first-order valence-electron chi connectivity index (χ1n) is 5.90. The smallest absolute Gasteiger partial charge is 0.305 e. The maximum Gasteiger partial charge on any atom is 0.305 e. The minimum absolute atomic E-state index is 0.221. The van der Waals surface area contributed by atoms with Crippen molar-refractivity contribution in [2.45, 2.75) is 6.42 Å². The number of nitro groups is 1. The first kappa shape index (κ1) is 16.0. The van der Waals surface area contributed by atoms with Crippen molar-refractivity contribution in [2.75, 3.05) is 27.2 Å². The van der Waals surface area contributed by atoms with Crippen molar-refractivity contribution in [3.05, 3.63) is 39.4 Å². The molecule has 0 aliphatic rings. The number of carbonyl (C=O) groups is 1. The highest BCUT2D eigenvalue weighted by Crippen LogP contribution is 2.22. The first-order chi connectivity index (χ1) is 9.34. The molecule has 0 atom stereocenters. The molecule has 0 aliphatic heterocycles. The summed E-state index contributed by atoms with van der Waals surface area (Å²) < 4.78 is 27.2. The maximum atomic E-state index is 13.7. The number of amides is 1. The Kier molecular flexibility index (Phi) is 5.51. The van der Waals surface area contributed by atoms with Crippen LogP contribution in [0.2, 0.25) is 0 Å². The quantitative estimate of drug-likeness (QED) is 0.489. The molecule has 1 rings (SSSR count). The number of hydrogen-bond acceptors (Lipinski definition) is 4. The molecule has 110 valence electrons. The summed E-state index contributed by atoms with van der Waals surface area (Å²) in [5, 5.41) is 12.9. The highest BCUT2D eigenvalue weighted by molar-refractivity contribution is 5.95. The van der Waals surface area contributed by atoms with Crippen LogP contribution in [0.1, 0.15) is 16.8 Å². The van der Waals surface area contributed by atoms with Gasteiger partial charge in [0.25, 0.3) is 5.91 Å². The Balaban J connectivity index is 2.82. The zero-order valence-corrected chi connectivity index (χ0v) is 11.2. The molecule has 8 heteroatoms. The summed E-state index contributed by atoms with van der Waals surface area (Å²) in [4.78, 5) is 23.1. The van der Waals surface area contributed by atoms with Crippen molar-refractivity contribution in [1.82, 2.24) is 10.2 Å². The van der Waals surface area contributed by atoms with E-state index in [1.165, 1.54) is 0 Å². The van der Waals surface area contributed by atoms with E-state index in [2.05, 4.69) is 5.32 Å². The van der Waals surface area contributed by atoms with Crippen LogP contribution in [0.25, 0.3) is 0 Å². The number of carbonyl (C=O) groups excluding carboxylic acids is 1. The molecule has 0 heterocycles. The Labute approximate surface area is 114 Å². The third kappa shape index (κ3) is 3.95. The average molecular weight is 287 g/mol. The van der Waals surface area contributed by atoms with E-state index in [9.17, 15) is 23.7 Å². The molecule has 0 fully saturated rings. The van der Waals surface area contributed by atoms with Gasteiger partial charge >= 0.3 is 5.69 Å². The molecule has 1 aromatic carbocycles. The standard InChI is InChI=1S/C12H15F2N3O3/c1-16(2)7-3-6-15-12(18)10-8(13)4-5-9(11(10)14)17(19)20/h4-5H,3,6-7H2,1-2H3,(H,15,18). The number of halogens is 2. The molecular formula is C12H15F2N3O3. The lowest BCUT2D eigenvalue weighted by atomic mass is 10.1. The number of nitrogens with one attached hydrogen (secondary N) is 1. The Morgan fingerprint density at radius 2 is 2.05 bits per heavy atom. The SMILES string of the molecule is CN(C)CCCNC(=O)c1c(F)ccc([N+](=O)[O-])c1F. The second kappa shape index (κ2) is 6.90. The second-order valence-electron chi connectivity index (χ2n) is 4.43. The summed E-state index contributed by atoms with van der Waals surface area (Å²) in [6, 6.07) is 1.39. The van der Waals surface area contributed by atoms with E-state index in [0.717, 1.165) is 0 Å². The average Bonchev–Trinajstić information content (AvgIpc) is 2.34. The van der Waals surface area contributed by atoms with Gasteiger partial charge in [-0.05, 0) is 33.1 Å². The van der Waals surface area contributed by atoms with Crippen LogP contribution in [0, 0.1) is 21.7 Å². The summed E-state index contributed by atoms with van der Waals surface area (Å²) in [7, 11) is 3.70. The van der Waals surface area contributed by atoms with E-state index in [4.69, 9.17) is 0 Å². The van der Waals surface area contributed by atoms with Gasteiger partial charge in [0.1, 0.15) is 11.4 Å². The van der Waals surface area contributed by atoms with Crippen molar-refractivity contribution >= 4 is 11.6 Å². The van der Waals surface area contributed by atoms with Crippen molar-refractivity contribution in [2.24, 2.45) is 0 Å². The molecule has 1 amide bonds. The van der Waals surface area contributed by atoms with Gasteiger partial charge in [-0.25, -0.2) is 4.39 Å². The Morgan fingerprint density at radius 1 is 1.40 bits per heavy atom. The largest absolute Gasteiger partial charge is 0.352 e. The van der Waals surface area contributed by atoms with Crippen LogP contribution >= 0.6 is 0 Å². The highest BCUT2D eigenvalue weighted by Gasteiger charge is 2.25. The number of benzene rings is 1. The monoisotopic (exact) mass is 287 g/mol. The van der Waals surface area contributed by atoms with E-state index in [1.807, 2.05) is 19.0 Å². The molecular weight excluding hydrogens is 272 g/mol. The third-order valence-electron chi connectivity index (χ3n) is 2.56. The van der Waals surface area contributed by atoms with Gasteiger partial charge in [-0.2, -0.15) is 4.39 Å². The Morgan fingerprint density at radius 3 is 2.60 bits per heavy atom. The van der Waals surface area contributed by atoms with Crippen LogP contribution in [-0.4, -0.2) is 42.9 Å². The predicted molar refractivity (Wildman–Crippen MR) is 68.5 cm³/mol. The van der Waals surface area contributed by atoms with E-state index in [0.29, 0.717) is 25.1 Å². The topological polar surface area (TPSA) is 75.5 Å².